The number of amides is 2. The predicted molar refractivity (Wildman–Crippen MR) is 230 cm³/mol. The maximum absolute atomic E-state index is 15.7. The minimum atomic E-state index is -4.35. The van der Waals surface area contributed by atoms with E-state index < -0.39 is 45.0 Å². The summed E-state index contributed by atoms with van der Waals surface area (Å²) in [5.74, 6) is -3.65. The molecule has 0 bridgehead atoms. The third kappa shape index (κ3) is 8.52. The van der Waals surface area contributed by atoms with E-state index in [1.54, 1.807) is 12.3 Å². The summed E-state index contributed by atoms with van der Waals surface area (Å²) < 4.78 is 73.0. The van der Waals surface area contributed by atoms with Crippen molar-refractivity contribution in [2.24, 2.45) is 5.92 Å². The number of ketones is 1. The number of hydrogen-bond acceptors (Lipinski definition) is 9. The van der Waals surface area contributed by atoms with E-state index in [9.17, 15) is 27.2 Å². The Morgan fingerprint density at radius 2 is 1.60 bits per heavy atom. The number of H-pyrrole nitrogens is 1. The van der Waals surface area contributed by atoms with E-state index in [2.05, 4.69) is 54.2 Å². The van der Waals surface area contributed by atoms with E-state index in [1.165, 1.54) is 6.20 Å². The second kappa shape index (κ2) is 17.2. The van der Waals surface area contributed by atoms with Crippen LogP contribution in [0.3, 0.4) is 0 Å². The molecule has 3 N–H and O–H groups in total. The van der Waals surface area contributed by atoms with Gasteiger partial charge in [-0.2, -0.15) is 12.7 Å². The summed E-state index contributed by atoms with van der Waals surface area (Å²) in [5, 5.41) is 2.81. The van der Waals surface area contributed by atoms with Crippen LogP contribution in [0.25, 0.3) is 22.2 Å². The summed E-state index contributed by atoms with van der Waals surface area (Å²) >= 11 is 0. The van der Waals surface area contributed by atoms with Crippen LogP contribution in [0.15, 0.2) is 79.1 Å². The number of halogens is 3. The van der Waals surface area contributed by atoms with Gasteiger partial charge in [-0.15, -0.1) is 0 Å². The number of nitrogens with one attached hydrogen (secondary N) is 3. The van der Waals surface area contributed by atoms with Crippen molar-refractivity contribution < 1.29 is 36.0 Å². The van der Waals surface area contributed by atoms with E-state index in [0.717, 1.165) is 97.6 Å². The van der Waals surface area contributed by atoms with Crippen molar-refractivity contribution in [1.29, 1.82) is 0 Å². The first-order chi connectivity index (χ1) is 29.9. The normalized spacial score (nSPS) is 20.8. The van der Waals surface area contributed by atoms with Crippen LogP contribution in [0.4, 0.5) is 30.2 Å². The van der Waals surface area contributed by atoms with E-state index >= 15 is 8.78 Å². The van der Waals surface area contributed by atoms with Crippen LogP contribution in [0.1, 0.15) is 59.5 Å². The van der Waals surface area contributed by atoms with Crippen molar-refractivity contribution in [1.82, 2.24) is 24.5 Å². The lowest BCUT2D eigenvalue weighted by Gasteiger charge is -2.40. The average molecular weight is 869 g/mol. The monoisotopic (exact) mass is 868 g/mol. The Morgan fingerprint density at radius 3 is 2.32 bits per heavy atom. The molecule has 4 aliphatic heterocycles. The van der Waals surface area contributed by atoms with Gasteiger partial charge in [-0.25, -0.2) is 18.2 Å². The highest BCUT2D eigenvalue weighted by Crippen LogP contribution is 2.33. The number of pyridine rings is 1. The van der Waals surface area contributed by atoms with Crippen LogP contribution in [0, 0.1) is 17.6 Å². The Balaban J connectivity index is 0.799. The molecule has 4 fully saturated rings. The maximum Gasteiger partial charge on any atom is 0.301 e. The molecule has 62 heavy (non-hydrogen) atoms. The number of nitrogens with zero attached hydrogens (tertiary/aromatic N) is 5. The smallest absolute Gasteiger partial charge is 0.301 e. The topological polar surface area (TPSA) is 151 Å². The lowest BCUT2D eigenvalue weighted by Crippen LogP contribution is -2.49. The van der Waals surface area contributed by atoms with E-state index in [-0.39, 0.29) is 42.8 Å². The van der Waals surface area contributed by atoms with Crippen molar-refractivity contribution in [2.45, 2.75) is 44.2 Å². The van der Waals surface area contributed by atoms with Crippen molar-refractivity contribution in [3.8, 4) is 11.1 Å². The third-order valence-corrected chi connectivity index (χ3v) is 14.2. The SMILES string of the molecule is O=C1CCC(c2cccc(N3CCN(CC4CCN(c5ccc(-c6cnc7[nH]cc(C(=O)c8c(F)ccc(NS(=O)(=O)N9CCC(F)C9)c8F)c7c6)cc5)CC4)CC3)c2)C(=O)N1. The number of piperidine rings is 2. The minimum absolute atomic E-state index is 0.00813. The molecule has 2 atom stereocenters. The summed E-state index contributed by atoms with van der Waals surface area (Å²) in [6, 6.07) is 19.7. The van der Waals surface area contributed by atoms with Crippen LogP contribution in [-0.2, 0) is 19.8 Å². The van der Waals surface area contributed by atoms with Gasteiger partial charge in [0.25, 0.3) is 0 Å². The Kier molecular flexibility index (Phi) is 11.5. The number of carbonyl (C=O) groups is 3. The summed E-state index contributed by atoms with van der Waals surface area (Å²) in [7, 11) is -4.35. The van der Waals surface area contributed by atoms with Crippen molar-refractivity contribution in [3.63, 3.8) is 0 Å². The van der Waals surface area contributed by atoms with Gasteiger partial charge in [0.15, 0.2) is 5.82 Å². The highest BCUT2D eigenvalue weighted by atomic mass is 32.2. The number of piperazine rings is 1. The molecule has 13 nitrogen and oxygen atoms in total. The molecular weight excluding hydrogens is 822 g/mol. The molecular formula is C45H47F3N8O5S. The van der Waals surface area contributed by atoms with Crippen LogP contribution in [0.5, 0.6) is 0 Å². The molecule has 6 heterocycles. The molecule has 2 unspecified atom stereocenters. The highest BCUT2D eigenvalue weighted by Gasteiger charge is 2.34. The number of aromatic amines is 1. The number of hydrogen-bond donors (Lipinski definition) is 3. The van der Waals surface area contributed by atoms with Crippen molar-refractivity contribution in [3.05, 3.63) is 107 Å². The highest BCUT2D eigenvalue weighted by molar-refractivity contribution is 7.90. The van der Waals surface area contributed by atoms with Crippen LogP contribution in [0.2, 0.25) is 0 Å². The lowest BCUT2D eigenvalue weighted by molar-refractivity contribution is -0.134. The van der Waals surface area contributed by atoms with Crippen molar-refractivity contribution in [2.75, 3.05) is 73.4 Å². The first kappa shape index (κ1) is 41.6. The van der Waals surface area contributed by atoms with E-state index in [4.69, 9.17) is 0 Å². The van der Waals surface area contributed by atoms with E-state index in [1.807, 2.05) is 29.0 Å². The van der Waals surface area contributed by atoms with Gasteiger partial charge in [0.05, 0.1) is 17.2 Å². The molecule has 3 aromatic carbocycles. The first-order valence-corrected chi connectivity index (χ1v) is 22.5. The number of carbonyl (C=O) groups excluding carboxylic acids is 3. The third-order valence-electron chi connectivity index (χ3n) is 12.7. The molecule has 17 heteroatoms. The van der Waals surface area contributed by atoms with Gasteiger partial charge < -0.3 is 14.8 Å². The van der Waals surface area contributed by atoms with Gasteiger partial charge in [-0.1, -0.05) is 24.3 Å². The predicted octanol–water partition coefficient (Wildman–Crippen LogP) is 6.00. The zero-order valence-electron chi connectivity index (χ0n) is 34.0. The molecule has 324 valence electrons. The van der Waals surface area contributed by atoms with Crippen LogP contribution < -0.4 is 19.8 Å². The Hall–Kier alpha value is -5.78. The summed E-state index contributed by atoms with van der Waals surface area (Å²) in [4.78, 5) is 52.5. The fourth-order valence-electron chi connectivity index (χ4n) is 9.17. The first-order valence-electron chi connectivity index (χ1n) is 21.1. The Labute approximate surface area is 357 Å². The molecule has 9 rings (SSSR count). The second-order valence-corrected chi connectivity index (χ2v) is 18.3. The quantitative estimate of drug-likeness (QED) is 0.107. The van der Waals surface area contributed by atoms with E-state index in [0.29, 0.717) is 35.4 Å². The maximum atomic E-state index is 15.7. The van der Waals surface area contributed by atoms with Gasteiger partial charge in [-0.3, -0.25) is 29.3 Å². The van der Waals surface area contributed by atoms with Gasteiger partial charge in [0.2, 0.25) is 17.6 Å². The zero-order chi connectivity index (χ0) is 43.1. The molecule has 5 aromatic rings. The molecule has 4 aliphatic rings. The number of rotatable bonds is 11. The lowest BCUT2D eigenvalue weighted by atomic mass is 9.90. The summed E-state index contributed by atoms with van der Waals surface area (Å²) in [5.41, 5.74) is 3.45. The molecule has 0 aliphatic carbocycles. The van der Waals surface area contributed by atoms with Gasteiger partial charge in [0.1, 0.15) is 17.6 Å². The average Bonchev–Trinajstić information content (AvgIpc) is 3.92. The minimum Gasteiger partial charge on any atom is -0.372 e. The molecule has 4 saturated heterocycles. The zero-order valence-corrected chi connectivity index (χ0v) is 34.8. The number of fused-ring (bicyclic) bond motifs is 1. The molecule has 0 saturated carbocycles. The van der Waals surface area contributed by atoms with Crippen LogP contribution in [-0.4, -0.2) is 110 Å². The van der Waals surface area contributed by atoms with Gasteiger partial charge >= 0.3 is 10.2 Å². The summed E-state index contributed by atoms with van der Waals surface area (Å²) in [6.45, 7) is 6.22. The standard InChI is InChI=1S/C45H47F3N8O5S/c46-32-14-17-56(27-32)62(60,61)52-39-10-9-38(47)41(42(39)48)43(58)37-25-50-44-36(37)23-31(24-49-44)29-4-6-33(7-5-29)54-15-12-28(13-16-54)26-53-18-20-55(21-19-53)34-3-1-2-30(22-34)35-8-11-40(57)51-45(35)59/h1-7,9-10,22-25,28,32,35,52H,8,11-21,26-27H2,(H,49,50)(H,51,57,59). The summed E-state index contributed by atoms with van der Waals surface area (Å²) in [6.07, 6.45) is 4.70. The fourth-order valence-corrected chi connectivity index (χ4v) is 10.4. The molecule has 0 radical (unpaired) electrons. The largest absolute Gasteiger partial charge is 0.372 e. The molecule has 2 aromatic heterocycles. The fraction of sp³-hybridized carbons (Fsp3) is 0.378. The van der Waals surface area contributed by atoms with Crippen LogP contribution >= 0.6 is 0 Å². The number of alkyl halides is 1. The Bertz CT molecular complexity index is 2630. The second-order valence-electron chi connectivity index (χ2n) is 16.7. The van der Waals surface area contributed by atoms with Gasteiger partial charge in [0, 0.05) is 106 Å². The number of benzene rings is 3. The number of aromatic nitrogens is 2. The molecule has 0 spiro atoms. The van der Waals surface area contributed by atoms with Gasteiger partial charge in [-0.05, 0) is 85.2 Å². The Morgan fingerprint density at radius 1 is 0.839 bits per heavy atom. The number of imide groups is 1. The molecule has 2 amide bonds. The van der Waals surface area contributed by atoms with Crippen molar-refractivity contribution >= 4 is 55.9 Å². The number of anilines is 3.